The number of hydrogen-bond donors (Lipinski definition) is 0. The molecule has 6 fully saturated rings. The average Bonchev–Trinajstić information content (AvgIpc) is 1.25. The summed E-state index contributed by atoms with van der Waals surface area (Å²) in [6.07, 6.45) is 3.53. The molecule has 12 rings (SSSR count). The molecule has 6 aliphatic rings. The van der Waals surface area contributed by atoms with Crippen LogP contribution in [0.25, 0.3) is 32.3 Å². The van der Waals surface area contributed by atoms with E-state index in [0.29, 0.717) is 36.6 Å². The second-order valence-corrected chi connectivity index (χ2v) is 16.3. The van der Waals surface area contributed by atoms with Crippen LogP contribution in [-0.2, 0) is 1240 Å². The summed E-state index contributed by atoms with van der Waals surface area (Å²) in [6, 6.07) is 47.1. The Hall–Kier alpha value is 35.4. The zero-order chi connectivity index (χ0) is 47.3. The molecule has 12 nitrogen and oxygen atoms in total. The molecule has 0 bridgehead atoms. The van der Waals surface area contributed by atoms with Crippen molar-refractivity contribution in [2.45, 2.75) is 43.0 Å². The van der Waals surface area contributed by atoms with E-state index >= 15 is 0 Å². The van der Waals surface area contributed by atoms with E-state index in [0.717, 1.165) is 85.7 Å². The van der Waals surface area contributed by atoms with Crippen molar-refractivity contribution in [3.05, 3.63) is 189 Å². The van der Waals surface area contributed by atoms with E-state index < -0.39 is 0 Å². The van der Waals surface area contributed by atoms with E-state index in [-0.39, 0.29) is 1220 Å². The maximum absolute atomic E-state index is 4.82. The van der Waals surface area contributed by atoms with Gasteiger partial charge in [-0.25, -0.2) is 0 Å². The molecule has 0 aromatic heterocycles. The van der Waals surface area contributed by atoms with Gasteiger partial charge in [-0.15, -0.1) is 0 Å². The number of rotatable bonds is 14. The number of fused-ring (bicyclic) bond motifs is 3. The molecule has 109 heavy (non-hydrogen) atoms. The van der Waals surface area contributed by atoms with Crippen molar-refractivity contribution >= 4 is 32.3 Å². The van der Waals surface area contributed by atoms with Crippen molar-refractivity contribution < 1.29 is 1230 Å². The zero-order valence-corrected chi connectivity index (χ0v) is 169. The molecule has 6 aliphatic heterocycles. The fraction of sp³-hybridized carbons (Fsp3) is 0.410. The smallest absolute Gasteiger partial charge is 0.104 e. The molecule has 0 spiro atoms. The van der Waals surface area contributed by atoms with Crippen molar-refractivity contribution in [2.75, 3.05) is 122 Å². The SMILES string of the molecule is COCC1CO1.COCC1CO1.COCC1CO1.COCC1CO1.COCC1CO1.COCC1CO1.[CH3-].[CH3-].[CH3-].[CH3-].[CH3-].[CH3-].[Y].[Y].[Y].[Y].[Y].[Y].[Y].[Y].[Y].[Y].[Y].[Y].[Y].[Y].[Y].[Y].[Y].[Y].[Y].[Y].[Y].[Y].[Y].[Y].[Y].[Y].[Y].[Y].[Y].[Y].[Y].[Y].[Y].[Y].[Y].[Y].c1ccc2c(Cc3cccc4ccccc34)cccc2c1.c1ccc2ccccc2c1. The molecule has 0 aliphatic carbocycles. The van der Waals surface area contributed by atoms with Crippen LogP contribution in [0.4, 0.5) is 0 Å². The first-order valence-corrected chi connectivity index (χ1v) is 23.0. The molecule has 6 heterocycles. The Kier molecular flexibility index (Phi) is 452. The summed E-state index contributed by atoms with van der Waals surface area (Å²) in [5.74, 6) is 0. The van der Waals surface area contributed by atoms with E-state index in [2.05, 4.69) is 133 Å². The first-order valence-electron chi connectivity index (χ1n) is 23.0. The number of ether oxygens (including phenoxy) is 12. The molecule has 6 unspecified atom stereocenters. The molecule has 0 N–H and O–H groups in total. The second kappa shape index (κ2) is 188. The van der Waals surface area contributed by atoms with Crippen LogP contribution in [-0.4, -0.2) is 159 Å². The molecule has 0 saturated carbocycles. The van der Waals surface area contributed by atoms with Crippen LogP contribution >= 0.6 is 0 Å². The van der Waals surface area contributed by atoms with Gasteiger partial charge in [-0.05, 0) is 49.9 Å². The van der Waals surface area contributed by atoms with Gasteiger partial charge in [0.25, 0.3) is 0 Å². The predicted octanol–water partition coefficient (Wildman–Crippen LogP) is 11.2. The minimum Gasteiger partial charge on any atom is -0.382 e. The molecule has 36 radical (unpaired) electrons. The molecule has 6 aromatic carbocycles. The Labute approximate surface area is 1570 Å². The van der Waals surface area contributed by atoms with Gasteiger partial charge in [-0.2, -0.15) is 0 Å². The van der Waals surface area contributed by atoms with Crippen LogP contribution < -0.4 is 0 Å². The Bertz CT molecular complexity index is 2040. The van der Waals surface area contributed by atoms with Crippen LogP contribution in [0.2, 0.25) is 0 Å². The summed E-state index contributed by atoms with van der Waals surface area (Å²) in [4.78, 5) is 0. The second-order valence-electron chi connectivity index (χ2n) is 16.3. The minimum absolute atomic E-state index is 0. The molecule has 0 amide bonds. The van der Waals surface area contributed by atoms with Crippen molar-refractivity contribution in [2.24, 2.45) is 0 Å². The maximum Gasteiger partial charge on any atom is 0.104 e. The summed E-state index contributed by atoms with van der Waals surface area (Å²) in [6.45, 7) is 9.96. The van der Waals surface area contributed by atoms with E-state index in [1.807, 2.05) is 0 Å². The quantitative estimate of drug-likeness (QED) is 0.0760. The molecular weight excluding hydrogens is 4130 g/mol. The average molecular weight is 4220 g/mol. The largest absolute Gasteiger partial charge is 0.382 e. The molecule has 6 atom stereocenters. The van der Waals surface area contributed by atoms with Gasteiger partial charge < -0.3 is 101 Å². The number of hydrogen-bond acceptors (Lipinski definition) is 12. The third-order valence-corrected chi connectivity index (χ3v) is 10.3. The van der Waals surface area contributed by atoms with Crippen molar-refractivity contribution in [1.29, 1.82) is 0 Å². The summed E-state index contributed by atoms with van der Waals surface area (Å²) < 4.78 is 57.4. The fourth-order valence-electron chi connectivity index (χ4n) is 6.33. The first kappa shape index (κ1) is 262. The van der Waals surface area contributed by atoms with Gasteiger partial charge >= 0.3 is 0 Å². The van der Waals surface area contributed by atoms with E-state index in [1.165, 1.54) is 43.4 Å². The fourth-order valence-corrected chi connectivity index (χ4v) is 6.33. The van der Waals surface area contributed by atoms with Gasteiger partial charge in [0, 0.05) is 1220 Å². The van der Waals surface area contributed by atoms with Crippen molar-refractivity contribution in [3.63, 3.8) is 0 Å². The topological polar surface area (TPSA) is 131 Å². The minimum atomic E-state index is 0. The maximum atomic E-state index is 4.82. The molecular formula is C61H90O12Y36-6. The van der Waals surface area contributed by atoms with Gasteiger partial charge in [-0.1, -0.05) is 133 Å². The van der Waals surface area contributed by atoms with Crippen molar-refractivity contribution in [1.82, 2.24) is 0 Å². The molecule has 6 saturated heterocycles. The van der Waals surface area contributed by atoms with Gasteiger partial charge in [0.2, 0.25) is 0 Å². The zero-order valence-electron chi connectivity index (χ0n) is 67.0. The van der Waals surface area contributed by atoms with Gasteiger partial charge in [0.15, 0.2) is 0 Å². The van der Waals surface area contributed by atoms with Gasteiger partial charge in [0.05, 0.1) is 79.3 Å². The monoisotopic (exact) mass is 4220 g/mol. The van der Waals surface area contributed by atoms with Crippen LogP contribution in [0, 0.1) is 44.6 Å². The number of methoxy groups -OCH3 is 6. The molecule has 6 aromatic rings. The standard InChI is InChI=1S/C21H16.C10H8.6C4H8O2.6CH3.36Y/c1-3-13-20-16(7-1)9-5-11-18(20)15-19-12-6-10-17-8-2-4-14-21(17)19;1-2-6-10-8-4-3-7-9(10)5-1;6*1-5-2-4-3-6-4;;;;;;;;;;;;;;;;;;;;;;;;;;;;;;;;;;;;;;;;;;/h1-14H,15H2;1-8H;6*4H,2-3H2,1H3;6*1H3;;;;;;;;;;;;;;;;;;;;;;;;;;;;;;;;;;;;/q;;;;;;;;6*-1;;;;;;;;;;;;;;;;;;;;;;;;;;;;;;;;;;;;. The van der Waals surface area contributed by atoms with Crippen LogP contribution in [0.1, 0.15) is 11.1 Å². The van der Waals surface area contributed by atoms with Gasteiger partial charge in [0.1, 0.15) is 36.6 Å². The Morgan fingerprint density at radius 2 is 0.330 bits per heavy atom. The Morgan fingerprint density at radius 1 is 0.202 bits per heavy atom. The number of benzene rings is 6. The third kappa shape index (κ3) is 156. The molecule has 520 valence electrons. The van der Waals surface area contributed by atoms with Crippen LogP contribution in [0.3, 0.4) is 0 Å². The normalized spacial score (nSPS) is 13.1. The Morgan fingerprint density at radius 3 is 0.459 bits per heavy atom. The summed E-state index contributed by atoms with van der Waals surface area (Å²) in [5, 5.41) is 7.96. The Balaban J connectivity index is -0.0000000145. The third-order valence-electron chi connectivity index (χ3n) is 10.3. The first-order chi connectivity index (χ1) is 33.0. The summed E-state index contributed by atoms with van der Waals surface area (Å²) in [5.41, 5.74) is 2.79. The van der Waals surface area contributed by atoms with E-state index in [1.54, 1.807) is 42.7 Å². The summed E-state index contributed by atoms with van der Waals surface area (Å²) in [7, 11) is 10.1. The predicted molar refractivity (Wildman–Crippen MR) is 303 cm³/mol. The van der Waals surface area contributed by atoms with Crippen LogP contribution in [0.5, 0.6) is 0 Å². The van der Waals surface area contributed by atoms with Gasteiger partial charge in [-0.3, -0.25) is 0 Å². The molecule has 48 heteroatoms. The van der Waals surface area contributed by atoms with Crippen molar-refractivity contribution in [3.8, 4) is 0 Å². The number of epoxide rings is 6. The van der Waals surface area contributed by atoms with Crippen LogP contribution in [0.15, 0.2) is 133 Å². The summed E-state index contributed by atoms with van der Waals surface area (Å²) >= 11 is 0. The van der Waals surface area contributed by atoms with E-state index in [4.69, 9.17) is 56.8 Å². The van der Waals surface area contributed by atoms with E-state index in [9.17, 15) is 0 Å².